The van der Waals surface area contributed by atoms with Gasteiger partial charge in [0.25, 0.3) is 0 Å². The van der Waals surface area contributed by atoms with E-state index >= 15 is 0 Å². The molecule has 0 aliphatic carbocycles. The Morgan fingerprint density at radius 3 is 3.06 bits per heavy atom. The number of anilines is 1. The first-order chi connectivity index (χ1) is 8.22. The molecular formula is C12H17BrClN3. The lowest BCUT2D eigenvalue weighted by atomic mass is 10.1. The third-order valence-electron chi connectivity index (χ3n) is 3.11. The molecule has 1 saturated heterocycles. The zero-order valence-electron chi connectivity index (χ0n) is 9.92. The molecule has 2 rings (SSSR count). The molecule has 0 saturated carbocycles. The predicted molar refractivity (Wildman–Crippen MR) is 75.9 cm³/mol. The van der Waals surface area contributed by atoms with Crippen LogP contribution in [-0.4, -0.2) is 30.7 Å². The molecule has 94 valence electrons. The summed E-state index contributed by atoms with van der Waals surface area (Å²) < 4.78 is 0.920. The molecule has 1 N–H and O–H groups in total. The Balaban J connectivity index is 2.21. The number of piperidine rings is 1. The molecule has 1 aromatic heterocycles. The maximum absolute atomic E-state index is 6.27. The van der Waals surface area contributed by atoms with Crippen molar-refractivity contribution in [1.82, 2.24) is 10.3 Å². The highest BCUT2D eigenvalue weighted by molar-refractivity contribution is 9.10. The second-order valence-electron chi connectivity index (χ2n) is 4.25. The third kappa shape index (κ3) is 3.12. The minimum atomic E-state index is 0.500. The molecule has 0 radical (unpaired) electrons. The van der Waals surface area contributed by atoms with Crippen molar-refractivity contribution >= 4 is 33.3 Å². The fraction of sp³-hybridized carbons (Fsp3) is 0.583. The number of halogens is 2. The molecule has 2 heterocycles. The highest BCUT2D eigenvalue weighted by Gasteiger charge is 2.22. The number of nitrogens with one attached hydrogen (secondary N) is 1. The number of pyridine rings is 1. The van der Waals surface area contributed by atoms with Gasteiger partial charge in [0, 0.05) is 29.8 Å². The minimum Gasteiger partial charge on any atom is -0.351 e. The van der Waals surface area contributed by atoms with E-state index in [1.54, 1.807) is 6.20 Å². The van der Waals surface area contributed by atoms with Gasteiger partial charge in [-0.2, -0.15) is 0 Å². The summed E-state index contributed by atoms with van der Waals surface area (Å²) in [4.78, 5) is 6.74. The standard InChI is InChI=1S/C12H17BrClN3/c1-2-17(10-4-3-5-15-8-10)12-11(14)6-9(13)7-16-12/h6-7,10,15H,2-5,8H2,1H3. The average Bonchev–Trinajstić information content (AvgIpc) is 2.34. The van der Waals surface area contributed by atoms with E-state index in [2.05, 4.69) is 38.1 Å². The van der Waals surface area contributed by atoms with Gasteiger partial charge in [0.15, 0.2) is 0 Å². The Kier molecular flexibility index (Phi) is 4.65. The van der Waals surface area contributed by atoms with Gasteiger partial charge in [-0.25, -0.2) is 4.98 Å². The zero-order valence-corrected chi connectivity index (χ0v) is 12.3. The molecule has 1 unspecified atom stereocenters. The van der Waals surface area contributed by atoms with E-state index in [1.165, 1.54) is 12.8 Å². The van der Waals surface area contributed by atoms with E-state index in [0.717, 1.165) is 29.9 Å². The lowest BCUT2D eigenvalue weighted by Gasteiger charge is -2.35. The van der Waals surface area contributed by atoms with E-state index < -0.39 is 0 Å². The SMILES string of the molecule is CCN(c1ncc(Br)cc1Cl)C1CCCNC1. The van der Waals surface area contributed by atoms with Crippen LogP contribution in [0.1, 0.15) is 19.8 Å². The van der Waals surface area contributed by atoms with Crippen LogP contribution in [0, 0.1) is 0 Å². The van der Waals surface area contributed by atoms with Crippen molar-refractivity contribution in [3.63, 3.8) is 0 Å². The maximum Gasteiger partial charge on any atom is 0.147 e. The van der Waals surface area contributed by atoms with Crippen LogP contribution in [0.4, 0.5) is 5.82 Å². The summed E-state index contributed by atoms with van der Waals surface area (Å²) in [6.07, 6.45) is 4.23. The maximum atomic E-state index is 6.27. The molecule has 0 amide bonds. The molecule has 3 nitrogen and oxygen atoms in total. The predicted octanol–water partition coefficient (Wildman–Crippen LogP) is 3.08. The van der Waals surface area contributed by atoms with Crippen molar-refractivity contribution in [1.29, 1.82) is 0 Å². The van der Waals surface area contributed by atoms with Crippen molar-refractivity contribution < 1.29 is 0 Å². The van der Waals surface area contributed by atoms with Crippen molar-refractivity contribution in [2.24, 2.45) is 0 Å². The molecular weight excluding hydrogens is 302 g/mol. The van der Waals surface area contributed by atoms with Gasteiger partial charge in [-0.15, -0.1) is 0 Å². The topological polar surface area (TPSA) is 28.2 Å². The molecule has 1 aliphatic rings. The van der Waals surface area contributed by atoms with Gasteiger partial charge in [-0.05, 0) is 48.3 Å². The summed E-state index contributed by atoms with van der Waals surface area (Å²) in [6.45, 7) is 5.22. The van der Waals surface area contributed by atoms with Crippen molar-refractivity contribution in [2.75, 3.05) is 24.5 Å². The first-order valence-corrected chi connectivity index (χ1v) is 7.18. The van der Waals surface area contributed by atoms with Crippen LogP contribution in [0.5, 0.6) is 0 Å². The lowest BCUT2D eigenvalue weighted by Crippen LogP contribution is -2.46. The normalized spacial score (nSPS) is 20.3. The van der Waals surface area contributed by atoms with Gasteiger partial charge in [0.1, 0.15) is 5.82 Å². The summed E-state index contributed by atoms with van der Waals surface area (Å²) in [5.41, 5.74) is 0. The molecule has 1 atom stereocenters. The third-order valence-corrected chi connectivity index (χ3v) is 3.82. The van der Waals surface area contributed by atoms with E-state index in [0.29, 0.717) is 11.1 Å². The van der Waals surface area contributed by atoms with Crippen LogP contribution >= 0.6 is 27.5 Å². The second-order valence-corrected chi connectivity index (χ2v) is 5.57. The Morgan fingerprint density at radius 2 is 2.47 bits per heavy atom. The van der Waals surface area contributed by atoms with Crippen LogP contribution in [-0.2, 0) is 0 Å². The molecule has 5 heteroatoms. The number of rotatable bonds is 3. The minimum absolute atomic E-state index is 0.500. The molecule has 17 heavy (non-hydrogen) atoms. The summed E-state index contributed by atoms with van der Waals surface area (Å²) in [7, 11) is 0. The van der Waals surface area contributed by atoms with E-state index in [4.69, 9.17) is 11.6 Å². The van der Waals surface area contributed by atoms with Crippen LogP contribution in [0.2, 0.25) is 5.02 Å². The smallest absolute Gasteiger partial charge is 0.147 e. The Bertz CT molecular complexity index is 380. The van der Waals surface area contributed by atoms with Crippen LogP contribution in [0.15, 0.2) is 16.7 Å². The number of aromatic nitrogens is 1. The number of nitrogens with zero attached hydrogens (tertiary/aromatic N) is 2. The summed E-state index contributed by atoms with van der Waals surface area (Å²) >= 11 is 9.65. The van der Waals surface area contributed by atoms with Gasteiger partial charge in [0.05, 0.1) is 5.02 Å². The summed E-state index contributed by atoms with van der Waals surface area (Å²) in [6, 6.07) is 2.41. The average molecular weight is 319 g/mol. The molecule has 0 bridgehead atoms. The highest BCUT2D eigenvalue weighted by Crippen LogP contribution is 2.28. The number of hydrogen-bond donors (Lipinski definition) is 1. The van der Waals surface area contributed by atoms with Crippen LogP contribution in [0.25, 0.3) is 0 Å². The first kappa shape index (κ1) is 13.1. The van der Waals surface area contributed by atoms with Gasteiger partial charge >= 0.3 is 0 Å². The zero-order chi connectivity index (χ0) is 12.3. The fourth-order valence-corrected chi connectivity index (χ4v) is 3.04. The van der Waals surface area contributed by atoms with E-state index in [-0.39, 0.29) is 0 Å². The number of likely N-dealkylation sites (N-methyl/N-ethyl adjacent to an activating group) is 1. The fourth-order valence-electron chi connectivity index (χ4n) is 2.30. The Morgan fingerprint density at radius 1 is 1.65 bits per heavy atom. The molecule has 1 fully saturated rings. The first-order valence-electron chi connectivity index (χ1n) is 6.00. The van der Waals surface area contributed by atoms with Crippen LogP contribution in [0.3, 0.4) is 0 Å². The van der Waals surface area contributed by atoms with Crippen molar-refractivity contribution in [3.8, 4) is 0 Å². The second kappa shape index (κ2) is 6.03. The van der Waals surface area contributed by atoms with Crippen LogP contribution < -0.4 is 10.2 Å². The van der Waals surface area contributed by atoms with E-state index in [1.807, 2.05) is 6.07 Å². The van der Waals surface area contributed by atoms with E-state index in [9.17, 15) is 0 Å². The Hall–Kier alpha value is -0.320. The molecule has 1 aliphatic heterocycles. The van der Waals surface area contributed by atoms with Gasteiger partial charge in [0.2, 0.25) is 0 Å². The summed E-state index contributed by atoms with van der Waals surface area (Å²) in [5.74, 6) is 0.895. The highest BCUT2D eigenvalue weighted by atomic mass is 79.9. The molecule has 0 spiro atoms. The van der Waals surface area contributed by atoms with Crippen molar-refractivity contribution in [2.45, 2.75) is 25.8 Å². The quantitative estimate of drug-likeness (QED) is 0.928. The monoisotopic (exact) mass is 317 g/mol. The molecule has 0 aromatic carbocycles. The number of hydrogen-bond acceptors (Lipinski definition) is 3. The van der Waals surface area contributed by atoms with Crippen molar-refractivity contribution in [3.05, 3.63) is 21.8 Å². The largest absolute Gasteiger partial charge is 0.351 e. The van der Waals surface area contributed by atoms with Gasteiger partial charge in [-0.1, -0.05) is 11.6 Å². The van der Waals surface area contributed by atoms with Gasteiger partial charge in [-0.3, -0.25) is 0 Å². The summed E-state index contributed by atoms with van der Waals surface area (Å²) in [5, 5.41) is 4.14. The Labute approximate surface area is 116 Å². The lowest BCUT2D eigenvalue weighted by molar-refractivity contribution is 0.433. The van der Waals surface area contributed by atoms with Gasteiger partial charge < -0.3 is 10.2 Å². The molecule has 1 aromatic rings.